The number of nitrogens with zero attached hydrogens (tertiary/aromatic N) is 2. The summed E-state index contributed by atoms with van der Waals surface area (Å²) in [6, 6.07) is 6.13. The fourth-order valence-electron chi connectivity index (χ4n) is 1.76. The van der Waals surface area contributed by atoms with E-state index in [1.807, 2.05) is 19.1 Å². The molecule has 1 heterocycles. The molecule has 18 heavy (non-hydrogen) atoms. The second-order valence-corrected chi connectivity index (χ2v) is 4.08. The first-order chi connectivity index (χ1) is 8.61. The van der Waals surface area contributed by atoms with Crippen LogP contribution in [0.25, 0.3) is 0 Å². The summed E-state index contributed by atoms with van der Waals surface area (Å²) in [5.41, 5.74) is 9.05. The van der Waals surface area contributed by atoms with Gasteiger partial charge in [-0.1, -0.05) is 17.7 Å². The van der Waals surface area contributed by atoms with Crippen LogP contribution in [0.4, 0.5) is 17.3 Å². The summed E-state index contributed by atoms with van der Waals surface area (Å²) in [5, 5.41) is 3.20. The second-order valence-electron chi connectivity index (χ2n) is 4.08. The molecule has 0 saturated heterocycles. The minimum absolute atomic E-state index is 0.319. The average molecular weight is 244 g/mol. The minimum Gasteiger partial charge on any atom is -0.490 e. The molecule has 0 bridgehead atoms. The molecule has 5 nitrogen and oxygen atoms in total. The van der Waals surface area contributed by atoms with Gasteiger partial charge >= 0.3 is 0 Å². The highest BCUT2D eigenvalue weighted by Gasteiger charge is 2.10. The Hall–Kier alpha value is -2.30. The number of aromatic nitrogens is 2. The van der Waals surface area contributed by atoms with Crippen molar-refractivity contribution in [3.05, 3.63) is 35.7 Å². The number of hydrogen-bond acceptors (Lipinski definition) is 5. The fraction of sp³-hybridized carbons (Fsp3) is 0.231. The maximum absolute atomic E-state index is 5.73. The Balaban J connectivity index is 2.37. The molecule has 0 aliphatic heterocycles. The van der Waals surface area contributed by atoms with Crippen molar-refractivity contribution in [1.82, 2.24) is 9.97 Å². The quantitative estimate of drug-likeness (QED) is 0.867. The largest absolute Gasteiger partial charge is 0.490 e. The molecule has 3 N–H and O–H groups in total. The van der Waals surface area contributed by atoms with Crippen molar-refractivity contribution in [2.75, 3.05) is 18.2 Å². The van der Waals surface area contributed by atoms with E-state index < -0.39 is 0 Å². The van der Waals surface area contributed by atoms with E-state index in [-0.39, 0.29) is 0 Å². The fourth-order valence-corrected chi connectivity index (χ4v) is 1.76. The number of hydrogen-bond donors (Lipinski definition) is 2. The van der Waals surface area contributed by atoms with Gasteiger partial charge < -0.3 is 15.8 Å². The van der Waals surface area contributed by atoms with Crippen LogP contribution in [0.3, 0.4) is 0 Å². The highest BCUT2D eigenvalue weighted by Crippen LogP contribution is 2.30. The molecule has 0 aliphatic rings. The van der Waals surface area contributed by atoms with Crippen LogP contribution in [0.1, 0.15) is 11.1 Å². The van der Waals surface area contributed by atoms with Crippen LogP contribution in [0.5, 0.6) is 5.75 Å². The van der Waals surface area contributed by atoms with Crippen molar-refractivity contribution in [2.24, 2.45) is 0 Å². The zero-order chi connectivity index (χ0) is 13.1. The summed E-state index contributed by atoms with van der Waals surface area (Å²) in [6.07, 6.45) is 1.41. The monoisotopic (exact) mass is 244 g/mol. The molecule has 1 aromatic carbocycles. The highest BCUT2D eigenvalue weighted by atomic mass is 16.5. The first-order valence-corrected chi connectivity index (χ1v) is 5.60. The zero-order valence-electron chi connectivity index (χ0n) is 10.7. The molecule has 0 aliphatic carbocycles. The van der Waals surface area contributed by atoms with Crippen molar-refractivity contribution in [2.45, 2.75) is 13.8 Å². The van der Waals surface area contributed by atoms with Gasteiger partial charge in [0.15, 0.2) is 11.6 Å². The van der Waals surface area contributed by atoms with Crippen LogP contribution in [-0.2, 0) is 0 Å². The van der Waals surface area contributed by atoms with Crippen LogP contribution in [0, 0.1) is 13.8 Å². The Bertz CT molecular complexity index is 569. The van der Waals surface area contributed by atoms with Crippen molar-refractivity contribution < 1.29 is 4.74 Å². The molecule has 0 spiro atoms. The maximum atomic E-state index is 5.73. The molecular weight excluding hydrogens is 228 g/mol. The van der Waals surface area contributed by atoms with Gasteiger partial charge in [-0.3, -0.25) is 0 Å². The van der Waals surface area contributed by atoms with Crippen LogP contribution >= 0.6 is 0 Å². The third-order valence-electron chi connectivity index (χ3n) is 2.67. The number of methoxy groups -OCH3 is 1. The number of nitrogen functional groups attached to an aromatic ring is 1. The topological polar surface area (TPSA) is 73.1 Å². The van der Waals surface area contributed by atoms with Crippen molar-refractivity contribution in [3.63, 3.8) is 0 Å². The molecule has 0 radical (unpaired) electrons. The standard InChI is InChI=1S/C13H16N4O/c1-8-4-5-10(9(2)6-8)17-13-11(18-3)12(14)15-7-16-13/h4-7H,1-3H3,(H3,14,15,16,17). The number of rotatable bonds is 3. The lowest BCUT2D eigenvalue weighted by molar-refractivity contribution is 0.415. The molecule has 2 aromatic rings. The molecule has 0 atom stereocenters. The van der Waals surface area contributed by atoms with Gasteiger partial charge in [-0.15, -0.1) is 0 Å². The SMILES string of the molecule is COc1c(N)ncnc1Nc1ccc(C)cc1C. The summed E-state index contributed by atoms with van der Waals surface area (Å²) < 4.78 is 5.20. The van der Waals surface area contributed by atoms with E-state index in [4.69, 9.17) is 10.5 Å². The first kappa shape index (κ1) is 12.2. The van der Waals surface area contributed by atoms with Gasteiger partial charge in [0.05, 0.1) is 7.11 Å². The number of anilines is 3. The summed E-state index contributed by atoms with van der Waals surface area (Å²) in [5.74, 6) is 1.34. The van der Waals surface area contributed by atoms with Gasteiger partial charge in [0.2, 0.25) is 5.75 Å². The molecule has 0 fully saturated rings. The van der Waals surface area contributed by atoms with E-state index in [1.54, 1.807) is 7.11 Å². The van der Waals surface area contributed by atoms with E-state index >= 15 is 0 Å². The molecule has 1 aromatic heterocycles. The van der Waals surface area contributed by atoms with Gasteiger partial charge in [0.25, 0.3) is 0 Å². The lowest BCUT2D eigenvalue weighted by Crippen LogP contribution is -2.03. The molecular formula is C13H16N4O. The molecule has 94 valence electrons. The second kappa shape index (κ2) is 4.91. The van der Waals surface area contributed by atoms with Gasteiger partial charge in [0, 0.05) is 5.69 Å². The summed E-state index contributed by atoms with van der Waals surface area (Å²) in [7, 11) is 1.54. The molecule has 5 heteroatoms. The molecule has 0 amide bonds. The number of benzene rings is 1. The summed E-state index contributed by atoms with van der Waals surface area (Å²) >= 11 is 0. The number of nitrogens with one attached hydrogen (secondary N) is 1. The van der Waals surface area contributed by atoms with Gasteiger partial charge in [0.1, 0.15) is 6.33 Å². The predicted molar refractivity (Wildman–Crippen MR) is 72.2 cm³/mol. The normalized spacial score (nSPS) is 10.2. The van der Waals surface area contributed by atoms with Crippen LogP contribution in [0.15, 0.2) is 24.5 Å². The van der Waals surface area contributed by atoms with E-state index in [2.05, 4.69) is 28.3 Å². The van der Waals surface area contributed by atoms with E-state index in [9.17, 15) is 0 Å². The highest BCUT2D eigenvalue weighted by molar-refractivity contribution is 5.69. The number of aryl methyl sites for hydroxylation is 2. The zero-order valence-corrected chi connectivity index (χ0v) is 10.7. The summed E-state index contributed by atoms with van der Waals surface area (Å²) in [4.78, 5) is 8.03. The van der Waals surface area contributed by atoms with Crippen molar-refractivity contribution >= 4 is 17.3 Å². The maximum Gasteiger partial charge on any atom is 0.204 e. The lowest BCUT2D eigenvalue weighted by Gasteiger charge is -2.13. The molecule has 0 saturated carbocycles. The third kappa shape index (κ3) is 2.34. The number of nitrogens with two attached hydrogens (primary N) is 1. The Morgan fingerprint density at radius 1 is 1.22 bits per heavy atom. The predicted octanol–water partition coefficient (Wildman–Crippen LogP) is 2.43. The number of ether oxygens (including phenoxy) is 1. The van der Waals surface area contributed by atoms with Gasteiger partial charge in [-0.2, -0.15) is 0 Å². The van der Waals surface area contributed by atoms with Crippen LogP contribution in [-0.4, -0.2) is 17.1 Å². The van der Waals surface area contributed by atoms with E-state index in [0.717, 1.165) is 11.3 Å². The Morgan fingerprint density at radius 2 is 2.00 bits per heavy atom. The Labute approximate surface area is 106 Å². The summed E-state index contributed by atoms with van der Waals surface area (Å²) in [6.45, 7) is 4.09. The third-order valence-corrected chi connectivity index (χ3v) is 2.67. The Morgan fingerprint density at radius 3 is 2.67 bits per heavy atom. The molecule has 2 rings (SSSR count). The van der Waals surface area contributed by atoms with Gasteiger partial charge in [-0.05, 0) is 25.5 Å². The van der Waals surface area contributed by atoms with Crippen LogP contribution < -0.4 is 15.8 Å². The average Bonchev–Trinajstić information content (AvgIpc) is 2.33. The smallest absolute Gasteiger partial charge is 0.204 e. The Kier molecular flexibility index (Phi) is 3.32. The molecule has 0 unspecified atom stereocenters. The lowest BCUT2D eigenvalue weighted by atomic mass is 10.1. The van der Waals surface area contributed by atoms with E-state index in [0.29, 0.717) is 17.4 Å². The minimum atomic E-state index is 0.319. The first-order valence-electron chi connectivity index (χ1n) is 5.60. The van der Waals surface area contributed by atoms with Crippen LogP contribution in [0.2, 0.25) is 0 Å². The van der Waals surface area contributed by atoms with Gasteiger partial charge in [-0.25, -0.2) is 9.97 Å². The van der Waals surface area contributed by atoms with E-state index in [1.165, 1.54) is 11.9 Å². The van der Waals surface area contributed by atoms with Crippen molar-refractivity contribution in [3.8, 4) is 5.75 Å². The van der Waals surface area contributed by atoms with Crippen molar-refractivity contribution in [1.29, 1.82) is 0 Å².